The third-order valence-electron chi connectivity index (χ3n) is 2.87. The van der Waals surface area contributed by atoms with Gasteiger partial charge >= 0.3 is 0 Å². The molecule has 0 spiro atoms. The maximum absolute atomic E-state index is 12.2. The lowest BCUT2D eigenvalue weighted by molar-refractivity contribution is 0.102. The van der Waals surface area contributed by atoms with Crippen molar-refractivity contribution in [3.8, 4) is 5.88 Å². The molecule has 0 aliphatic carbocycles. The van der Waals surface area contributed by atoms with Gasteiger partial charge in [-0.05, 0) is 36.2 Å². The van der Waals surface area contributed by atoms with E-state index < -0.39 is 0 Å². The van der Waals surface area contributed by atoms with Crippen LogP contribution in [-0.4, -0.2) is 36.7 Å². The highest BCUT2D eigenvalue weighted by atomic mass is 16.5. The lowest BCUT2D eigenvalue weighted by Crippen LogP contribution is -2.14. The van der Waals surface area contributed by atoms with Crippen LogP contribution in [0.25, 0.3) is 0 Å². The summed E-state index contributed by atoms with van der Waals surface area (Å²) in [6.45, 7) is 0.619. The van der Waals surface area contributed by atoms with Gasteiger partial charge in [0.25, 0.3) is 5.91 Å². The number of carbonyl (C=O) groups is 1. The van der Waals surface area contributed by atoms with Gasteiger partial charge in [0.2, 0.25) is 5.88 Å². The van der Waals surface area contributed by atoms with Crippen molar-refractivity contribution in [2.24, 2.45) is 0 Å². The average molecular weight is 287 g/mol. The van der Waals surface area contributed by atoms with Crippen molar-refractivity contribution in [1.29, 1.82) is 0 Å². The van der Waals surface area contributed by atoms with E-state index in [0.717, 1.165) is 12.0 Å². The second kappa shape index (κ2) is 7.35. The van der Waals surface area contributed by atoms with Gasteiger partial charge in [-0.15, -0.1) is 0 Å². The van der Waals surface area contributed by atoms with Crippen LogP contribution in [0.3, 0.4) is 0 Å². The lowest BCUT2D eigenvalue weighted by Gasteiger charge is -2.08. The molecular weight excluding hydrogens is 270 g/mol. The smallest absolute Gasteiger partial charge is 0.262 e. The van der Waals surface area contributed by atoms with Crippen LogP contribution in [0, 0.1) is 0 Å². The second-order valence-corrected chi connectivity index (χ2v) is 4.31. The summed E-state index contributed by atoms with van der Waals surface area (Å²) in [5, 5.41) is 2.74. The topological polar surface area (TPSA) is 73.3 Å². The van der Waals surface area contributed by atoms with Crippen LogP contribution in [0.1, 0.15) is 15.9 Å². The van der Waals surface area contributed by atoms with E-state index in [1.54, 1.807) is 31.6 Å². The number of amides is 1. The Kier molecular flexibility index (Phi) is 5.22. The Bertz CT molecular complexity index is 617. The summed E-state index contributed by atoms with van der Waals surface area (Å²) in [5.41, 5.74) is 1.41. The molecule has 0 atom stereocenters. The molecule has 0 aromatic carbocycles. The van der Waals surface area contributed by atoms with Crippen LogP contribution in [-0.2, 0) is 11.2 Å². The molecule has 0 unspecified atom stereocenters. The Morgan fingerprint density at radius 1 is 1.24 bits per heavy atom. The third-order valence-corrected chi connectivity index (χ3v) is 2.87. The van der Waals surface area contributed by atoms with Gasteiger partial charge in [-0.2, -0.15) is 0 Å². The third kappa shape index (κ3) is 4.00. The van der Waals surface area contributed by atoms with Gasteiger partial charge in [0, 0.05) is 19.5 Å². The molecule has 2 rings (SSSR count). The SMILES string of the molecule is COCCc1ccnc(NC(=O)c2cccnc2OC)c1. The number of carbonyl (C=O) groups excluding carboxylic acids is 1. The molecule has 0 bridgehead atoms. The zero-order valence-electron chi connectivity index (χ0n) is 12.0. The number of pyridine rings is 2. The van der Waals surface area contributed by atoms with Gasteiger partial charge in [0.15, 0.2) is 0 Å². The molecule has 1 N–H and O–H groups in total. The minimum Gasteiger partial charge on any atom is -0.480 e. The van der Waals surface area contributed by atoms with Gasteiger partial charge in [0.05, 0.1) is 13.7 Å². The number of hydrogen-bond acceptors (Lipinski definition) is 5. The minimum absolute atomic E-state index is 0.283. The molecule has 21 heavy (non-hydrogen) atoms. The number of aromatic nitrogens is 2. The predicted molar refractivity (Wildman–Crippen MR) is 78.6 cm³/mol. The zero-order chi connectivity index (χ0) is 15.1. The van der Waals surface area contributed by atoms with E-state index >= 15 is 0 Å². The number of ether oxygens (including phenoxy) is 2. The minimum atomic E-state index is -0.309. The number of methoxy groups -OCH3 is 2. The molecule has 0 saturated heterocycles. The molecule has 6 nitrogen and oxygen atoms in total. The highest BCUT2D eigenvalue weighted by Crippen LogP contribution is 2.16. The molecule has 1 amide bonds. The number of hydrogen-bond donors (Lipinski definition) is 1. The number of nitrogens with one attached hydrogen (secondary N) is 1. The van der Waals surface area contributed by atoms with E-state index in [9.17, 15) is 4.79 Å². The first-order valence-corrected chi connectivity index (χ1v) is 6.49. The van der Waals surface area contributed by atoms with Crippen LogP contribution < -0.4 is 10.1 Å². The van der Waals surface area contributed by atoms with Crippen LogP contribution >= 0.6 is 0 Å². The first-order valence-electron chi connectivity index (χ1n) is 6.49. The van der Waals surface area contributed by atoms with Crippen molar-refractivity contribution in [3.63, 3.8) is 0 Å². The monoisotopic (exact) mass is 287 g/mol. The maximum Gasteiger partial charge on any atom is 0.262 e. The molecule has 2 heterocycles. The molecule has 6 heteroatoms. The van der Waals surface area contributed by atoms with Crippen LogP contribution in [0.15, 0.2) is 36.7 Å². The fourth-order valence-corrected chi connectivity index (χ4v) is 1.83. The van der Waals surface area contributed by atoms with E-state index in [1.807, 2.05) is 12.1 Å². The first-order chi connectivity index (χ1) is 10.2. The molecular formula is C15H17N3O3. The molecule has 2 aromatic rings. The Morgan fingerprint density at radius 2 is 2.10 bits per heavy atom. The average Bonchev–Trinajstić information content (AvgIpc) is 2.53. The summed E-state index contributed by atoms with van der Waals surface area (Å²) in [6.07, 6.45) is 3.98. The molecule has 0 aliphatic rings. The summed E-state index contributed by atoms with van der Waals surface area (Å²) in [7, 11) is 3.13. The zero-order valence-corrected chi connectivity index (χ0v) is 12.0. The van der Waals surface area contributed by atoms with Crippen LogP contribution in [0.2, 0.25) is 0 Å². The number of anilines is 1. The molecule has 0 saturated carbocycles. The fraction of sp³-hybridized carbons (Fsp3) is 0.267. The second-order valence-electron chi connectivity index (χ2n) is 4.31. The van der Waals surface area contributed by atoms with E-state index in [0.29, 0.717) is 18.0 Å². The van der Waals surface area contributed by atoms with Gasteiger partial charge in [0.1, 0.15) is 11.4 Å². The van der Waals surface area contributed by atoms with E-state index in [4.69, 9.17) is 9.47 Å². The van der Waals surface area contributed by atoms with Crippen molar-refractivity contribution in [2.75, 3.05) is 26.1 Å². The summed E-state index contributed by atoms with van der Waals surface area (Å²) in [4.78, 5) is 20.4. The standard InChI is InChI=1S/C15H17N3O3/c1-20-9-6-11-5-8-16-13(10-11)18-14(19)12-4-3-7-17-15(12)21-2/h3-5,7-8,10H,6,9H2,1-2H3,(H,16,18,19). The maximum atomic E-state index is 12.2. The summed E-state index contributed by atoms with van der Waals surface area (Å²) >= 11 is 0. The Hall–Kier alpha value is -2.47. The Labute approximate surface area is 123 Å². The van der Waals surface area contributed by atoms with Crippen molar-refractivity contribution < 1.29 is 14.3 Å². The largest absolute Gasteiger partial charge is 0.480 e. The molecule has 110 valence electrons. The number of rotatable bonds is 6. The fourth-order valence-electron chi connectivity index (χ4n) is 1.83. The quantitative estimate of drug-likeness (QED) is 0.878. The van der Waals surface area contributed by atoms with E-state index in [1.165, 1.54) is 7.11 Å². The molecule has 0 radical (unpaired) electrons. The Morgan fingerprint density at radius 3 is 2.86 bits per heavy atom. The molecule has 0 aliphatic heterocycles. The normalized spacial score (nSPS) is 10.2. The van der Waals surface area contributed by atoms with E-state index in [2.05, 4.69) is 15.3 Å². The molecule has 2 aromatic heterocycles. The highest BCUT2D eigenvalue weighted by molar-refractivity contribution is 6.05. The van der Waals surface area contributed by atoms with Gasteiger partial charge in [-0.1, -0.05) is 0 Å². The number of nitrogens with zero attached hydrogens (tertiary/aromatic N) is 2. The van der Waals surface area contributed by atoms with Crippen molar-refractivity contribution in [1.82, 2.24) is 9.97 Å². The van der Waals surface area contributed by atoms with E-state index in [-0.39, 0.29) is 11.8 Å². The molecule has 0 fully saturated rings. The van der Waals surface area contributed by atoms with Crippen molar-refractivity contribution in [2.45, 2.75) is 6.42 Å². The first kappa shape index (κ1) is 14.9. The summed E-state index contributed by atoms with van der Waals surface area (Å²) in [6, 6.07) is 7.04. The van der Waals surface area contributed by atoms with Crippen LogP contribution in [0.5, 0.6) is 5.88 Å². The Balaban J connectivity index is 2.12. The lowest BCUT2D eigenvalue weighted by atomic mass is 10.2. The van der Waals surface area contributed by atoms with Crippen LogP contribution in [0.4, 0.5) is 5.82 Å². The highest BCUT2D eigenvalue weighted by Gasteiger charge is 2.13. The predicted octanol–water partition coefficient (Wildman–Crippen LogP) is 1.93. The van der Waals surface area contributed by atoms with Gasteiger partial charge in [-0.25, -0.2) is 9.97 Å². The van der Waals surface area contributed by atoms with Crippen molar-refractivity contribution >= 4 is 11.7 Å². The van der Waals surface area contributed by atoms with Gasteiger partial charge in [-0.3, -0.25) is 4.79 Å². The van der Waals surface area contributed by atoms with Crippen molar-refractivity contribution in [3.05, 3.63) is 47.8 Å². The summed E-state index contributed by atoms with van der Waals surface area (Å²) < 4.78 is 10.1. The summed E-state index contributed by atoms with van der Waals surface area (Å²) in [5.74, 6) is 0.460. The van der Waals surface area contributed by atoms with Gasteiger partial charge < -0.3 is 14.8 Å².